The van der Waals surface area contributed by atoms with Gasteiger partial charge >= 0.3 is 0 Å². The number of anilines is 2. The lowest BCUT2D eigenvalue weighted by Gasteiger charge is -2.33. The van der Waals surface area contributed by atoms with Gasteiger partial charge in [-0.25, -0.2) is 8.42 Å². The Bertz CT molecular complexity index is 1380. The number of amides is 1. The zero-order valence-corrected chi connectivity index (χ0v) is 23.1. The summed E-state index contributed by atoms with van der Waals surface area (Å²) in [6, 6.07) is 11.7. The summed E-state index contributed by atoms with van der Waals surface area (Å²) in [6.45, 7) is 5.93. The van der Waals surface area contributed by atoms with E-state index in [4.69, 9.17) is 23.2 Å². The topological polar surface area (TPSA) is 91.4 Å². The fraction of sp³-hybridized carbons (Fsp3) is 0.333. The van der Waals surface area contributed by atoms with Crippen molar-refractivity contribution in [3.8, 4) is 0 Å². The fourth-order valence-corrected chi connectivity index (χ4v) is 6.34. The normalized spacial score (nSPS) is 14.4. The summed E-state index contributed by atoms with van der Waals surface area (Å²) in [5, 5.41) is 3.65. The van der Waals surface area contributed by atoms with Crippen LogP contribution in [0.3, 0.4) is 0 Å². The molecule has 3 aromatic rings. The van der Waals surface area contributed by atoms with Crippen molar-refractivity contribution in [1.82, 2.24) is 10.3 Å². The van der Waals surface area contributed by atoms with Gasteiger partial charge in [0, 0.05) is 48.3 Å². The average molecular weight is 562 g/mol. The van der Waals surface area contributed by atoms with Gasteiger partial charge in [0.25, 0.3) is 15.9 Å². The monoisotopic (exact) mass is 560 g/mol. The maximum atomic E-state index is 13.1. The molecular formula is C27H30Cl2N4O3S. The Hall–Kier alpha value is -2.81. The van der Waals surface area contributed by atoms with Gasteiger partial charge < -0.3 is 10.2 Å². The summed E-state index contributed by atoms with van der Waals surface area (Å²) >= 11 is 12.4. The highest BCUT2D eigenvalue weighted by Crippen LogP contribution is 2.29. The molecule has 0 bridgehead atoms. The molecule has 0 spiro atoms. The first kappa shape index (κ1) is 27.2. The van der Waals surface area contributed by atoms with Crippen molar-refractivity contribution in [2.75, 3.05) is 29.3 Å². The van der Waals surface area contributed by atoms with Crippen LogP contribution in [-0.4, -0.2) is 38.9 Å². The molecule has 196 valence electrons. The maximum absolute atomic E-state index is 13.1. The molecule has 37 heavy (non-hydrogen) atoms. The highest BCUT2D eigenvalue weighted by atomic mass is 35.5. The fourth-order valence-electron chi connectivity index (χ4n) is 4.52. The van der Waals surface area contributed by atoms with E-state index in [0.717, 1.165) is 32.4 Å². The Morgan fingerprint density at radius 3 is 2.41 bits per heavy atom. The number of piperidine rings is 1. The summed E-state index contributed by atoms with van der Waals surface area (Å²) in [4.78, 5) is 19.3. The second-order valence-electron chi connectivity index (χ2n) is 9.35. The molecule has 2 N–H and O–H groups in total. The molecule has 1 aliphatic heterocycles. The van der Waals surface area contributed by atoms with Gasteiger partial charge in [0.2, 0.25) is 0 Å². The minimum Gasteiger partial charge on any atom is -0.371 e. The van der Waals surface area contributed by atoms with Gasteiger partial charge in [-0.1, -0.05) is 23.2 Å². The smallest absolute Gasteiger partial charge is 0.262 e. The molecule has 0 radical (unpaired) electrons. The van der Waals surface area contributed by atoms with Crippen LogP contribution in [0.2, 0.25) is 10.0 Å². The van der Waals surface area contributed by atoms with Crippen LogP contribution in [0.5, 0.6) is 0 Å². The molecule has 1 aliphatic rings. The van der Waals surface area contributed by atoms with Crippen LogP contribution in [0.25, 0.3) is 0 Å². The average Bonchev–Trinajstić information content (AvgIpc) is 2.88. The molecule has 7 nitrogen and oxygen atoms in total. The number of carbonyl (C=O) groups is 1. The standard InChI is InChI=1S/C27H30Cl2N4O3S/c1-18-16-26(19(2)15-24(18)29)37(35,36)32-25-17-21(3-4-23(25)28)27(34)31-12-5-20-8-13-33(14-9-20)22-6-10-30-11-7-22/h3-4,6-7,10-11,15-17,20,32H,5,8-9,12-14H2,1-2H3,(H,31,34). The molecule has 0 aliphatic carbocycles. The highest BCUT2D eigenvalue weighted by molar-refractivity contribution is 7.92. The second-order valence-corrected chi connectivity index (χ2v) is 11.8. The minimum absolute atomic E-state index is 0.107. The zero-order valence-electron chi connectivity index (χ0n) is 20.8. The first-order valence-corrected chi connectivity index (χ1v) is 14.4. The third-order valence-corrected chi connectivity index (χ3v) is 8.94. The predicted molar refractivity (Wildman–Crippen MR) is 149 cm³/mol. The molecular weight excluding hydrogens is 531 g/mol. The second kappa shape index (κ2) is 11.7. The molecule has 0 atom stereocenters. The van der Waals surface area contributed by atoms with Crippen LogP contribution in [0.15, 0.2) is 59.8 Å². The van der Waals surface area contributed by atoms with Gasteiger partial charge in [-0.3, -0.25) is 14.5 Å². The Balaban J connectivity index is 1.34. The highest BCUT2D eigenvalue weighted by Gasteiger charge is 2.22. The van der Waals surface area contributed by atoms with Crippen molar-refractivity contribution in [3.05, 3.63) is 81.6 Å². The Morgan fingerprint density at radius 1 is 1.00 bits per heavy atom. The van der Waals surface area contributed by atoms with Crippen molar-refractivity contribution in [2.24, 2.45) is 5.92 Å². The van der Waals surface area contributed by atoms with E-state index in [0.29, 0.717) is 34.2 Å². The van der Waals surface area contributed by atoms with E-state index >= 15 is 0 Å². The summed E-state index contributed by atoms with van der Waals surface area (Å²) in [7, 11) is -3.94. The predicted octanol–water partition coefficient (Wildman–Crippen LogP) is 5.84. The van der Waals surface area contributed by atoms with Crippen molar-refractivity contribution >= 4 is 50.5 Å². The number of hydrogen-bond donors (Lipinski definition) is 2. The van der Waals surface area contributed by atoms with Crippen LogP contribution in [-0.2, 0) is 10.0 Å². The van der Waals surface area contributed by atoms with Gasteiger partial charge in [-0.15, -0.1) is 0 Å². The number of sulfonamides is 1. The van der Waals surface area contributed by atoms with E-state index in [2.05, 4.69) is 19.9 Å². The van der Waals surface area contributed by atoms with Crippen molar-refractivity contribution in [2.45, 2.75) is 38.0 Å². The molecule has 1 aromatic heterocycles. The first-order valence-electron chi connectivity index (χ1n) is 12.2. The largest absolute Gasteiger partial charge is 0.371 e. The summed E-state index contributed by atoms with van der Waals surface area (Å²) in [5.41, 5.74) is 2.83. The van der Waals surface area contributed by atoms with Gasteiger partial charge in [0.15, 0.2) is 0 Å². The number of pyridine rings is 1. The number of aromatic nitrogens is 1. The number of hydrogen-bond acceptors (Lipinski definition) is 5. The Labute approximate surface area is 228 Å². The van der Waals surface area contributed by atoms with Crippen LogP contribution >= 0.6 is 23.2 Å². The van der Waals surface area contributed by atoms with Gasteiger partial charge in [-0.2, -0.15) is 0 Å². The van der Waals surface area contributed by atoms with Crippen LogP contribution < -0.4 is 14.9 Å². The SMILES string of the molecule is Cc1cc(S(=O)(=O)Nc2cc(C(=O)NCCC3CCN(c4ccncc4)CC3)ccc2Cl)c(C)cc1Cl. The molecule has 2 heterocycles. The number of rotatable bonds is 8. The number of nitrogens with one attached hydrogen (secondary N) is 2. The van der Waals surface area contributed by atoms with Crippen molar-refractivity contribution in [1.29, 1.82) is 0 Å². The minimum atomic E-state index is -3.94. The summed E-state index contributed by atoms with van der Waals surface area (Å²) in [5.74, 6) is 0.266. The molecule has 10 heteroatoms. The molecule has 0 saturated carbocycles. The molecule has 2 aromatic carbocycles. The van der Waals surface area contributed by atoms with Gasteiger partial charge in [0.1, 0.15) is 0 Å². The van der Waals surface area contributed by atoms with E-state index in [1.807, 2.05) is 24.5 Å². The zero-order chi connectivity index (χ0) is 26.6. The Kier molecular flexibility index (Phi) is 8.62. The van der Waals surface area contributed by atoms with E-state index in [1.165, 1.54) is 23.9 Å². The maximum Gasteiger partial charge on any atom is 0.262 e. The van der Waals surface area contributed by atoms with Crippen molar-refractivity contribution < 1.29 is 13.2 Å². The number of aryl methyl sites for hydroxylation is 2. The lowest BCUT2D eigenvalue weighted by Crippen LogP contribution is -2.35. The van der Waals surface area contributed by atoms with Gasteiger partial charge in [0.05, 0.1) is 15.6 Å². The molecule has 1 amide bonds. The lowest BCUT2D eigenvalue weighted by atomic mass is 9.93. The third kappa shape index (κ3) is 6.74. The first-order chi connectivity index (χ1) is 17.6. The molecule has 4 rings (SSSR count). The van der Waals surface area contributed by atoms with Crippen LogP contribution in [0.4, 0.5) is 11.4 Å². The van der Waals surface area contributed by atoms with Crippen LogP contribution in [0, 0.1) is 19.8 Å². The van der Waals surface area contributed by atoms with E-state index in [-0.39, 0.29) is 21.5 Å². The molecule has 0 unspecified atom stereocenters. The van der Waals surface area contributed by atoms with E-state index in [9.17, 15) is 13.2 Å². The van der Waals surface area contributed by atoms with Crippen molar-refractivity contribution in [3.63, 3.8) is 0 Å². The number of benzene rings is 2. The Morgan fingerprint density at radius 2 is 1.70 bits per heavy atom. The van der Waals surface area contributed by atoms with E-state index < -0.39 is 10.0 Å². The third-order valence-electron chi connectivity index (χ3n) is 6.70. The summed E-state index contributed by atoms with van der Waals surface area (Å²) < 4.78 is 28.6. The quantitative estimate of drug-likeness (QED) is 0.361. The number of halogens is 2. The number of nitrogens with zero attached hydrogens (tertiary/aromatic N) is 2. The van der Waals surface area contributed by atoms with E-state index in [1.54, 1.807) is 26.0 Å². The van der Waals surface area contributed by atoms with Crippen LogP contribution in [0.1, 0.15) is 40.7 Å². The molecule has 1 fully saturated rings. The lowest BCUT2D eigenvalue weighted by molar-refractivity contribution is 0.0950. The summed E-state index contributed by atoms with van der Waals surface area (Å²) in [6.07, 6.45) is 6.63. The van der Waals surface area contributed by atoms with Gasteiger partial charge in [-0.05, 0) is 92.6 Å². The number of carbonyl (C=O) groups excluding carboxylic acids is 1. The molecule has 1 saturated heterocycles.